The van der Waals surface area contributed by atoms with Crippen LogP contribution < -0.4 is 10.6 Å². The van der Waals surface area contributed by atoms with Gasteiger partial charge in [0, 0.05) is 19.2 Å². The molecule has 0 unspecified atom stereocenters. The zero-order valence-corrected chi connectivity index (χ0v) is 17.6. The molecule has 4 nitrogen and oxygen atoms in total. The first-order chi connectivity index (χ1) is 15.3. The van der Waals surface area contributed by atoms with E-state index in [4.69, 9.17) is 0 Å². The summed E-state index contributed by atoms with van der Waals surface area (Å²) in [6.07, 6.45) is -16.4. The number of aliphatic hydroxyl groups is 1. The molecule has 3 N–H and O–H groups in total. The fraction of sp³-hybridized carbons (Fsp3) is 0.381. The minimum atomic E-state index is -5.63. The van der Waals surface area contributed by atoms with Crippen molar-refractivity contribution >= 4 is 11.6 Å². The van der Waals surface area contributed by atoms with E-state index in [-0.39, 0.29) is 36.3 Å². The number of benzene rings is 2. The lowest BCUT2D eigenvalue weighted by atomic mass is 9.89. The molecule has 2 aromatic carbocycles. The van der Waals surface area contributed by atoms with E-state index in [2.05, 4.69) is 10.6 Å². The zero-order valence-electron chi connectivity index (χ0n) is 17.6. The van der Waals surface area contributed by atoms with Crippen molar-refractivity contribution in [2.45, 2.75) is 44.5 Å². The molecule has 0 aliphatic rings. The van der Waals surface area contributed by atoms with Gasteiger partial charge >= 0.3 is 18.5 Å². The third-order valence-corrected chi connectivity index (χ3v) is 4.95. The van der Waals surface area contributed by atoms with E-state index in [1.54, 1.807) is 6.92 Å². The first kappa shape index (κ1) is 27.3. The van der Waals surface area contributed by atoms with E-state index in [0.717, 1.165) is 0 Å². The van der Waals surface area contributed by atoms with Gasteiger partial charge in [-0.3, -0.25) is 4.79 Å². The van der Waals surface area contributed by atoms with Gasteiger partial charge in [-0.1, -0.05) is 6.07 Å². The van der Waals surface area contributed by atoms with Crippen molar-refractivity contribution in [1.82, 2.24) is 5.32 Å². The Balaban J connectivity index is 2.46. The Kier molecular flexibility index (Phi) is 7.51. The lowest BCUT2D eigenvalue weighted by Gasteiger charge is -2.32. The fourth-order valence-corrected chi connectivity index (χ4v) is 3.01. The van der Waals surface area contributed by atoms with Gasteiger partial charge in [-0.05, 0) is 53.9 Å². The van der Waals surface area contributed by atoms with Crippen LogP contribution in [0.5, 0.6) is 0 Å². The molecule has 0 bridgehead atoms. The maximum Gasteiger partial charge on any atom is 0.423 e. The molecule has 0 radical (unpaired) electrons. The molecule has 0 heterocycles. The molecule has 188 valence electrons. The smallest absolute Gasteiger partial charge is 0.381 e. The molecule has 0 spiro atoms. The second-order valence-corrected chi connectivity index (χ2v) is 7.56. The molecular weight excluding hydrogens is 483 g/mol. The van der Waals surface area contributed by atoms with E-state index in [1.165, 1.54) is 25.1 Å². The standard InChI is InChI=1S/C21H19F9N2O2/c1-11-5-17(4-3-13(11)9-31-12(2)33)32-10-18(34,21(28,29)30)14-6-15(19(22,23)24)8-16(7-14)20(25,26)27/h3-8,32,34H,9-10H2,1-2H3,(H,31,33)/t18-/m0/s1. The van der Waals surface area contributed by atoms with Crippen LogP contribution >= 0.6 is 0 Å². The molecule has 0 aromatic heterocycles. The molecule has 2 rings (SSSR count). The molecule has 0 aliphatic carbocycles. The largest absolute Gasteiger partial charge is 0.423 e. The second kappa shape index (κ2) is 9.35. The van der Waals surface area contributed by atoms with Gasteiger partial charge in [-0.25, -0.2) is 0 Å². The predicted octanol–water partition coefficient (Wildman–Crippen LogP) is 5.53. The summed E-state index contributed by atoms with van der Waals surface area (Å²) < 4.78 is 120. The van der Waals surface area contributed by atoms with Gasteiger partial charge < -0.3 is 15.7 Å². The normalized spacial score (nSPS) is 14.5. The summed E-state index contributed by atoms with van der Waals surface area (Å²) in [5, 5.41) is 15.1. The Labute approximate surface area is 187 Å². The number of carbonyl (C=O) groups excluding carboxylic acids is 1. The Bertz CT molecular complexity index is 1010. The van der Waals surface area contributed by atoms with Crippen molar-refractivity contribution < 1.29 is 49.4 Å². The highest BCUT2D eigenvalue weighted by Gasteiger charge is 2.56. The topological polar surface area (TPSA) is 61.4 Å². The SMILES string of the molecule is CC(=O)NCc1ccc(NC[C@](O)(c2cc(C(F)(F)F)cc(C(F)(F)F)c2)C(F)(F)F)cc1C. The lowest BCUT2D eigenvalue weighted by Crippen LogP contribution is -2.48. The van der Waals surface area contributed by atoms with Gasteiger partial charge in [-0.15, -0.1) is 0 Å². The number of alkyl halides is 9. The van der Waals surface area contributed by atoms with Crippen LogP contribution in [0.4, 0.5) is 45.2 Å². The molecule has 0 saturated heterocycles. The number of hydrogen-bond donors (Lipinski definition) is 3. The third kappa shape index (κ3) is 6.33. The summed E-state index contributed by atoms with van der Waals surface area (Å²) in [5.41, 5.74) is -8.54. The summed E-state index contributed by atoms with van der Waals surface area (Å²) in [5.74, 6) is -0.323. The van der Waals surface area contributed by atoms with Crippen LogP contribution in [0.1, 0.15) is 34.7 Å². The molecule has 0 fully saturated rings. The summed E-state index contributed by atoms with van der Waals surface area (Å²) >= 11 is 0. The Hall–Kier alpha value is -2.96. The van der Waals surface area contributed by atoms with Crippen molar-refractivity contribution in [2.75, 3.05) is 11.9 Å². The Morgan fingerprint density at radius 2 is 1.35 bits per heavy atom. The molecule has 13 heteroatoms. The number of anilines is 1. The number of nitrogens with one attached hydrogen (secondary N) is 2. The zero-order chi connectivity index (χ0) is 26.1. The maximum atomic E-state index is 13.8. The maximum absolute atomic E-state index is 13.8. The molecule has 0 aliphatic heterocycles. The van der Waals surface area contributed by atoms with Crippen LogP contribution in [0.3, 0.4) is 0 Å². The van der Waals surface area contributed by atoms with Gasteiger partial charge in [0.2, 0.25) is 11.5 Å². The Morgan fingerprint density at radius 3 is 1.76 bits per heavy atom. The van der Waals surface area contributed by atoms with Gasteiger partial charge in [-0.2, -0.15) is 39.5 Å². The van der Waals surface area contributed by atoms with Crippen LogP contribution in [0.2, 0.25) is 0 Å². The minimum absolute atomic E-state index is 0.00905. The van der Waals surface area contributed by atoms with Crippen LogP contribution in [0, 0.1) is 6.92 Å². The van der Waals surface area contributed by atoms with Crippen LogP contribution in [0.15, 0.2) is 36.4 Å². The summed E-state index contributed by atoms with van der Waals surface area (Å²) in [6.45, 7) is 1.50. The van der Waals surface area contributed by atoms with Crippen molar-refractivity contribution in [2.24, 2.45) is 0 Å². The van der Waals surface area contributed by atoms with E-state index >= 15 is 0 Å². The van der Waals surface area contributed by atoms with Gasteiger partial charge in [0.15, 0.2) is 0 Å². The first-order valence-electron chi connectivity index (χ1n) is 9.51. The van der Waals surface area contributed by atoms with Crippen molar-refractivity contribution in [3.8, 4) is 0 Å². The van der Waals surface area contributed by atoms with E-state index < -0.39 is 47.4 Å². The molecule has 1 atom stereocenters. The van der Waals surface area contributed by atoms with Crippen LogP contribution in [-0.2, 0) is 29.3 Å². The number of hydrogen-bond acceptors (Lipinski definition) is 3. The fourth-order valence-electron chi connectivity index (χ4n) is 3.01. The highest BCUT2D eigenvalue weighted by molar-refractivity contribution is 5.72. The number of halogens is 9. The summed E-state index contributed by atoms with van der Waals surface area (Å²) in [6, 6.07) is 3.44. The van der Waals surface area contributed by atoms with E-state index in [9.17, 15) is 49.4 Å². The van der Waals surface area contributed by atoms with Crippen LogP contribution in [-0.4, -0.2) is 23.7 Å². The Morgan fingerprint density at radius 1 is 0.853 bits per heavy atom. The number of carbonyl (C=O) groups is 1. The quantitative estimate of drug-likeness (QED) is 0.456. The van der Waals surface area contributed by atoms with Crippen molar-refractivity contribution in [3.05, 3.63) is 64.2 Å². The molecule has 0 saturated carbocycles. The third-order valence-electron chi connectivity index (χ3n) is 4.95. The molecule has 34 heavy (non-hydrogen) atoms. The number of aryl methyl sites for hydroxylation is 1. The number of amides is 1. The monoisotopic (exact) mass is 502 g/mol. The van der Waals surface area contributed by atoms with E-state index in [0.29, 0.717) is 11.1 Å². The average molecular weight is 502 g/mol. The molecular formula is C21H19F9N2O2. The van der Waals surface area contributed by atoms with Crippen molar-refractivity contribution in [1.29, 1.82) is 0 Å². The lowest BCUT2D eigenvalue weighted by molar-refractivity contribution is -0.261. The first-order valence-corrected chi connectivity index (χ1v) is 9.51. The highest BCUT2D eigenvalue weighted by atomic mass is 19.4. The van der Waals surface area contributed by atoms with Crippen molar-refractivity contribution in [3.63, 3.8) is 0 Å². The van der Waals surface area contributed by atoms with Gasteiger partial charge in [0.25, 0.3) is 0 Å². The second-order valence-electron chi connectivity index (χ2n) is 7.56. The summed E-state index contributed by atoms with van der Waals surface area (Å²) in [4.78, 5) is 11.0. The van der Waals surface area contributed by atoms with Crippen LogP contribution in [0.25, 0.3) is 0 Å². The highest BCUT2D eigenvalue weighted by Crippen LogP contribution is 2.44. The minimum Gasteiger partial charge on any atom is -0.381 e. The molecule has 2 aromatic rings. The average Bonchev–Trinajstić information content (AvgIpc) is 2.68. The summed E-state index contributed by atoms with van der Waals surface area (Å²) in [7, 11) is 0. The molecule has 1 amide bonds. The van der Waals surface area contributed by atoms with Gasteiger partial charge in [0.1, 0.15) is 0 Å². The van der Waals surface area contributed by atoms with E-state index in [1.807, 2.05) is 0 Å². The van der Waals surface area contributed by atoms with Gasteiger partial charge in [0.05, 0.1) is 17.7 Å². The number of rotatable bonds is 6. The predicted molar refractivity (Wildman–Crippen MR) is 104 cm³/mol.